The molecule has 390 valence electrons. The van der Waals surface area contributed by atoms with Crippen molar-refractivity contribution in [2.75, 3.05) is 115 Å². The molecule has 3 heterocycles. The van der Waals surface area contributed by atoms with Gasteiger partial charge in [-0.3, -0.25) is 0 Å². The van der Waals surface area contributed by atoms with Gasteiger partial charge in [0.05, 0.1) is 34.1 Å². The van der Waals surface area contributed by atoms with Gasteiger partial charge in [-0.1, -0.05) is 140 Å². The number of hydrogen-bond acceptors (Lipinski definition) is 9. The zero-order chi connectivity index (χ0) is 53.8. The first-order valence-corrected chi connectivity index (χ1v) is 26.6. The normalized spacial score (nSPS) is 14.3. The number of hydrogen-bond donors (Lipinski definition) is 0. The first-order valence-electron chi connectivity index (χ1n) is 26.6. The SMILES string of the molecule is CN(C)c1ccc(C2(Cc3ccccc3)N(C)c3ccccc3N2C)cc1.CN(C)c1ccc(C2N(C)c3ccccc3N2C)cc1.CN1c2ccccc2N(C)C1c1ccc(N(c2ccccc2)c2ccccc2)cc1. The number of benzene rings is 9. The van der Waals surface area contributed by atoms with Crippen LogP contribution in [-0.4, -0.2) is 70.5 Å². The van der Waals surface area contributed by atoms with Gasteiger partial charge in [0.25, 0.3) is 0 Å². The number of nitrogens with zero attached hydrogens (tertiary/aromatic N) is 9. The van der Waals surface area contributed by atoms with E-state index in [0.29, 0.717) is 0 Å². The molecule has 0 bridgehead atoms. The highest BCUT2D eigenvalue weighted by molar-refractivity contribution is 5.82. The summed E-state index contributed by atoms with van der Waals surface area (Å²) in [6.45, 7) is 0. The summed E-state index contributed by atoms with van der Waals surface area (Å²) in [5.41, 5.74) is 18.5. The molecule has 3 aliphatic heterocycles. The van der Waals surface area contributed by atoms with Gasteiger partial charge in [0.1, 0.15) is 18.0 Å². The number of likely N-dealkylation sites (N-methyl/N-ethyl adjacent to an activating group) is 2. The molecule has 0 radical (unpaired) electrons. The Labute approximate surface area is 458 Å². The summed E-state index contributed by atoms with van der Waals surface area (Å²) in [6, 6.07) is 84.3. The van der Waals surface area contributed by atoms with Crippen LogP contribution >= 0.6 is 0 Å². The van der Waals surface area contributed by atoms with Gasteiger partial charge >= 0.3 is 0 Å². The molecular weight excluding hydrogens is 943 g/mol. The summed E-state index contributed by atoms with van der Waals surface area (Å²) < 4.78 is 0. The second kappa shape index (κ2) is 22.2. The third-order valence-corrected chi connectivity index (χ3v) is 15.8. The maximum absolute atomic E-state index is 2.43. The Kier molecular flexibility index (Phi) is 14.9. The Morgan fingerprint density at radius 2 is 0.597 bits per heavy atom. The van der Waals surface area contributed by atoms with E-state index in [1.807, 2.05) is 0 Å². The summed E-state index contributed by atoms with van der Waals surface area (Å²) in [7, 11) is 21.4. The smallest absolute Gasteiger partial charge is 0.143 e. The fraction of sp³-hybridized carbons (Fsp3) is 0.206. The fourth-order valence-corrected chi connectivity index (χ4v) is 11.7. The van der Waals surface area contributed by atoms with Crippen molar-refractivity contribution in [2.24, 2.45) is 0 Å². The molecule has 0 saturated carbocycles. The van der Waals surface area contributed by atoms with E-state index < -0.39 is 0 Å². The quantitative estimate of drug-likeness (QED) is 0.133. The van der Waals surface area contributed by atoms with Gasteiger partial charge in [-0.05, 0) is 119 Å². The van der Waals surface area contributed by atoms with Crippen LogP contribution in [0.3, 0.4) is 0 Å². The van der Waals surface area contributed by atoms with Gasteiger partial charge in [0.2, 0.25) is 0 Å². The first-order chi connectivity index (χ1) is 37.4. The average Bonchev–Trinajstić information content (AvgIpc) is 4.23. The highest BCUT2D eigenvalue weighted by Crippen LogP contribution is 2.51. The zero-order valence-corrected chi connectivity index (χ0v) is 46.4. The minimum Gasteiger partial charge on any atom is -0.378 e. The molecule has 0 N–H and O–H groups in total. The van der Waals surface area contributed by atoms with Crippen LogP contribution in [0.1, 0.15) is 34.6 Å². The van der Waals surface area contributed by atoms with Crippen molar-refractivity contribution < 1.29 is 0 Å². The maximum atomic E-state index is 2.43. The van der Waals surface area contributed by atoms with Gasteiger partial charge < -0.3 is 44.1 Å². The molecule has 0 fully saturated rings. The van der Waals surface area contributed by atoms with E-state index in [4.69, 9.17) is 0 Å². The molecular formula is C68H73N9. The van der Waals surface area contributed by atoms with Crippen LogP contribution in [0.15, 0.2) is 237 Å². The largest absolute Gasteiger partial charge is 0.378 e. The Morgan fingerprint density at radius 1 is 0.312 bits per heavy atom. The van der Waals surface area contributed by atoms with Gasteiger partial charge in [0.15, 0.2) is 0 Å². The standard InChI is InChI=1S/C27H25N3.C24H27N3.C17H21N3/c1-28-25-15-9-10-16-26(25)29(2)27(28)21-17-19-24(20-18-21)30(22-11-5-3-6-12-22)23-13-7-4-8-14-23;1-25(2)21-16-14-20(15-17-21)24(18-19-10-6-5-7-11-19)26(3)22-12-8-9-13-23(22)27(24)4;1-18(2)14-11-9-13(10-12-14)17-19(3)15-7-5-6-8-16(15)20(17)4/h3-20,27H,1-2H3;5-17H,18H2,1-4H3;5-12,17H,1-4H3. The lowest BCUT2D eigenvalue weighted by molar-refractivity contribution is 0.430. The second-order valence-electron chi connectivity index (χ2n) is 20.8. The van der Waals surface area contributed by atoms with Gasteiger partial charge in [-0.15, -0.1) is 0 Å². The van der Waals surface area contributed by atoms with Crippen molar-refractivity contribution in [3.8, 4) is 0 Å². The molecule has 0 atom stereocenters. The summed E-state index contributed by atoms with van der Waals surface area (Å²) in [6.07, 6.45) is 1.37. The summed E-state index contributed by atoms with van der Waals surface area (Å²) >= 11 is 0. The molecule has 9 nitrogen and oxygen atoms in total. The number of fused-ring (bicyclic) bond motifs is 3. The van der Waals surface area contributed by atoms with E-state index in [0.717, 1.165) is 23.5 Å². The van der Waals surface area contributed by atoms with Crippen LogP contribution in [0.25, 0.3) is 0 Å². The van der Waals surface area contributed by atoms with Crippen LogP contribution in [0.4, 0.5) is 62.6 Å². The molecule has 0 amide bonds. The summed E-state index contributed by atoms with van der Waals surface area (Å²) in [5, 5.41) is 0. The minimum atomic E-state index is -0.254. The number of rotatable bonds is 10. The van der Waals surface area contributed by atoms with Crippen molar-refractivity contribution in [1.82, 2.24) is 0 Å². The molecule has 0 unspecified atom stereocenters. The van der Waals surface area contributed by atoms with Crippen LogP contribution in [0.5, 0.6) is 0 Å². The zero-order valence-electron chi connectivity index (χ0n) is 46.4. The van der Waals surface area contributed by atoms with Crippen LogP contribution in [0, 0.1) is 0 Å². The van der Waals surface area contributed by atoms with Crippen LogP contribution in [-0.2, 0) is 12.1 Å². The fourth-order valence-electron chi connectivity index (χ4n) is 11.7. The van der Waals surface area contributed by atoms with Gasteiger partial charge in [-0.25, -0.2) is 0 Å². The molecule has 9 heteroatoms. The Hall–Kier alpha value is -8.82. The first kappa shape index (κ1) is 51.7. The lowest BCUT2D eigenvalue weighted by Crippen LogP contribution is -2.53. The number of anilines is 11. The second-order valence-corrected chi connectivity index (χ2v) is 20.8. The maximum Gasteiger partial charge on any atom is 0.143 e. The van der Waals surface area contributed by atoms with Crippen molar-refractivity contribution in [3.63, 3.8) is 0 Å². The molecule has 3 aliphatic rings. The molecule has 0 saturated heterocycles. The summed E-state index contributed by atoms with van der Waals surface area (Å²) in [4.78, 5) is 20.8. The molecule has 0 aliphatic carbocycles. The molecule has 0 aromatic heterocycles. The molecule has 9 aromatic rings. The third-order valence-electron chi connectivity index (χ3n) is 15.8. The van der Waals surface area contributed by atoms with E-state index >= 15 is 0 Å². The topological polar surface area (TPSA) is 29.2 Å². The predicted molar refractivity (Wildman–Crippen MR) is 330 cm³/mol. The van der Waals surface area contributed by atoms with Crippen molar-refractivity contribution in [1.29, 1.82) is 0 Å². The molecule has 12 rings (SSSR count). The van der Waals surface area contributed by atoms with Crippen molar-refractivity contribution in [3.05, 3.63) is 259 Å². The average molecular weight is 1020 g/mol. The van der Waals surface area contributed by atoms with Crippen LogP contribution < -0.4 is 44.1 Å². The molecule has 9 aromatic carbocycles. The monoisotopic (exact) mass is 1020 g/mol. The highest BCUT2D eigenvalue weighted by Gasteiger charge is 2.47. The Bertz CT molecular complexity index is 3220. The molecule has 0 spiro atoms. The lowest BCUT2D eigenvalue weighted by atomic mass is 9.89. The predicted octanol–water partition coefficient (Wildman–Crippen LogP) is 14.8. The highest BCUT2D eigenvalue weighted by atomic mass is 15.4. The van der Waals surface area contributed by atoms with E-state index in [9.17, 15) is 0 Å². The Balaban J connectivity index is 0.000000134. The van der Waals surface area contributed by atoms with Crippen LogP contribution in [0.2, 0.25) is 0 Å². The van der Waals surface area contributed by atoms with E-state index in [1.54, 1.807) is 0 Å². The Morgan fingerprint density at radius 3 is 0.948 bits per heavy atom. The number of para-hydroxylation sites is 8. The van der Waals surface area contributed by atoms with E-state index in [2.05, 4.69) is 351 Å². The lowest BCUT2D eigenvalue weighted by Gasteiger charge is -2.44. The molecule has 77 heavy (non-hydrogen) atoms. The van der Waals surface area contributed by atoms with Crippen molar-refractivity contribution >= 4 is 62.6 Å². The van der Waals surface area contributed by atoms with Gasteiger partial charge in [-0.2, -0.15) is 0 Å². The summed E-state index contributed by atoms with van der Waals surface area (Å²) in [5.74, 6) is 0. The van der Waals surface area contributed by atoms with Gasteiger partial charge in [0, 0.05) is 105 Å². The van der Waals surface area contributed by atoms with E-state index in [-0.39, 0.29) is 18.0 Å². The van der Waals surface area contributed by atoms with E-state index in [1.165, 1.54) is 67.8 Å². The van der Waals surface area contributed by atoms with Crippen molar-refractivity contribution in [2.45, 2.75) is 24.4 Å². The third kappa shape index (κ3) is 9.97. The minimum absolute atomic E-state index is 0.193.